The van der Waals surface area contributed by atoms with Gasteiger partial charge in [-0.25, -0.2) is 0 Å². The standard InChI is InChI=1S/C15H26BrNS/c1-7-17-13(8-10(2)15(4,5)6)14-12(16)9-11(3)18-14/h9-10,13,17H,7-8H2,1-6H3. The van der Waals surface area contributed by atoms with E-state index in [4.69, 9.17) is 0 Å². The lowest BCUT2D eigenvalue weighted by atomic mass is 9.78. The molecular weight excluding hydrogens is 306 g/mol. The zero-order chi connectivity index (χ0) is 13.9. The summed E-state index contributed by atoms with van der Waals surface area (Å²) in [5.74, 6) is 0.691. The number of thiophene rings is 1. The third-order valence-electron chi connectivity index (χ3n) is 3.67. The number of nitrogens with one attached hydrogen (secondary N) is 1. The summed E-state index contributed by atoms with van der Waals surface area (Å²) in [7, 11) is 0. The first-order chi connectivity index (χ1) is 8.25. The summed E-state index contributed by atoms with van der Waals surface area (Å²) in [4.78, 5) is 2.83. The van der Waals surface area contributed by atoms with Crippen molar-refractivity contribution in [1.29, 1.82) is 0 Å². The van der Waals surface area contributed by atoms with E-state index in [1.807, 2.05) is 11.3 Å². The molecule has 3 heteroatoms. The highest BCUT2D eigenvalue weighted by Gasteiger charge is 2.25. The average Bonchev–Trinajstić information content (AvgIpc) is 2.55. The Balaban J connectivity index is 2.86. The van der Waals surface area contributed by atoms with E-state index < -0.39 is 0 Å². The minimum Gasteiger partial charge on any atom is -0.309 e. The summed E-state index contributed by atoms with van der Waals surface area (Å²) in [6.07, 6.45) is 1.19. The minimum atomic E-state index is 0.368. The Hall–Kier alpha value is 0.140. The van der Waals surface area contributed by atoms with Gasteiger partial charge in [0.15, 0.2) is 0 Å². The molecule has 104 valence electrons. The summed E-state index contributed by atoms with van der Waals surface area (Å²) in [5.41, 5.74) is 0.368. The van der Waals surface area contributed by atoms with Gasteiger partial charge < -0.3 is 5.32 Å². The van der Waals surface area contributed by atoms with Crippen molar-refractivity contribution in [3.63, 3.8) is 0 Å². The van der Waals surface area contributed by atoms with Crippen LogP contribution >= 0.6 is 27.3 Å². The maximum absolute atomic E-state index is 3.70. The molecule has 0 aliphatic rings. The van der Waals surface area contributed by atoms with Gasteiger partial charge in [-0.15, -0.1) is 11.3 Å². The molecule has 0 bridgehead atoms. The molecule has 0 aliphatic heterocycles. The molecule has 18 heavy (non-hydrogen) atoms. The van der Waals surface area contributed by atoms with Gasteiger partial charge in [0.2, 0.25) is 0 Å². The molecule has 0 amide bonds. The van der Waals surface area contributed by atoms with Gasteiger partial charge in [0.25, 0.3) is 0 Å². The fraction of sp³-hybridized carbons (Fsp3) is 0.733. The molecule has 2 atom stereocenters. The highest BCUT2D eigenvalue weighted by molar-refractivity contribution is 9.10. The second-order valence-electron chi connectivity index (χ2n) is 6.18. The van der Waals surface area contributed by atoms with Crippen LogP contribution in [0.4, 0.5) is 0 Å². The SMILES string of the molecule is CCNC(CC(C)C(C)(C)C)c1sc(C)cc1Br. The van der Waals surface area contributed by atoms with E-state index in [1.54, 1.807) is 0 Å². The Labute approximate surface area is 125 Å². The summed E-state index contributed by atoms with van der Waals surface area (Å²) >= 11 is 5.60. The molecule has 1 heterocycles. The Morgan fingerprint density at radius 3 is 2.39 bits per heavy atom. The first kappa shape index (κ1) is 16.2. The van der Waals surface area contributed by atoms with Crippen molar-refractivity contribution in [3.8, 4) is 0 Å². The zero-order valence-corrected chi connectivity index (χ0v) is 14.8. The average molecular weight is 332 g/mol. The molecule has 2 unspecified atom stereocenters. The Morgan fingerprint density at radius 1 is 1.39 bits per heavy atom. The van der Waals surface area contributed by atoms with Crippen molar-refractivity contribution in [2.45, 2.75) is 54.0 Å². The lowest BCUT2D eigenvalue weighted by molar-refractivity contribution is 0.224. The second kappa shape index (κ2) is 6.53. The summed E-state index contributed by atoms with van der Waals surface area (Å²) in [5, 5.41) is 3.64. The fourth-order valence-corrected chi connectivity index (χ4v) is 3.99. The van der Waals surface area contributed by atoms with E-state index in [2.05, 4.69) is 68.9 Å². The lowest BCUT2D eigenvalue weighted by Gasteiger charge is -2.31. The molecule has 1 nitrogen and oxygen atoms in total. The molecule has 0 aliphatic carbocycles. The maximum atomic E-state index is 3.70. The van der Waals surface area contributed by atoms with Crippen molar-refractivity contribution < 1.29 is 0 Å². The quantitative estimate of drug-likeness (QED) is 0.746. The van der Waals surface area contributed by atoms with Crippen molar-refractivity contribution in [1.82, 2.24) is 5.32 Å². The molecule has 0 saturated heterocycles. The van der Waals surface area contributed by atoms with E-state index in [0.717, 1.165) is 6.54 Å². The molecule has 0 saturated carbocycles. The second-order valence-corrected chi connectivity index (χ2v) is 8.32. The van der Waals surface area contributed by atoms with Gasteiger partial charge in [0, 0.05) is 20.3 Å². The number of halogens is 1. The van der Waals surface area contributed by atoms with Crippen molar-refractivity contribution in [2.24, 2.45) is 11.3 Å². The number of rotatable bonds is 5. The van der Waals surface area contributed by atoms with E-state index in [1.165, 1.54) is 20.6 Å². The predicted octanol–water partition coefficient (Wildman–Crippen LogP) is 5.54. The van der Waals surface area contributed by atoms with Crippen LogP contribution < -0.4 is 5.32 Å². The molecule has 0 radical (unpaired) electrons. The highest BCUT2D eigenvalue weighted by Crippen LogP contribution is 2.38. The highest BCUT2D eigenvalue weighted by atomic mass is 79.9. The molecule has 1 aromatic rings. The minimum absolute atomic E-state index is 0.368. The van der Waals surface area contributed by atoms with Crippen LogP contribution in [0.15, 0.2) is 10.5 Å². The van der Waals surface area contributed by atoms with Crippen LogP contribution in [0.25, 0.3) is 0 Å². The van der Waals surface area contributed by atoms with Gasteiger partial charge in [-0.05, 0) is 53.2 Å². The van der Waals surface area contributed by atoms with E-state index in [-0.39, 0.29) is 0 Å². The van der Waals surface area contributed by atoms with Gasteiger partial charge in [-0.2, -0.15) is 0 Å². The van der Waals surface area contributed by atoms with Crippen molar-refractivity contribution in [3.05, 3.63) is 20.3 Å². The van der Waals surface area contributed by atoms with E-state index >= 15 is 0 Å². The first-order valence-electron chi connectivity index (χ1n) is 6.75. The van der Waals surface area contributed by atoms with Crippen LogP contribution in [0.2, 0.25) is 0 Å². The summed E-state index contributed by atoms with van der Waals surface area (Å²) in [6.45, 7) is 14.7. The number of hydrogen-bond donors (Lipinski definition) is 1. The van der Waals surface area contributed by atoms with E-state index in [0.29, 0.717) is 17.4 Å². The number of hydrogen-bond acceptors (Lipinski definition) is 2. The van der Waals surface area contributed by atoms with E-state index in [9.17, 15) is 0 Å². The maximum Gasteiger partial charge on any atom is 0.0428 e. The molecule has 0 fully saturated rings. The Kier molecular flexibility index (Phi) is 5.88. The van der Waals surface area contributed by atoms with Gasteiger partial charge in [-0.1, -0.05) is 34.6 Å². The third kappa shape index (κ3) is 4.36. The van der Waals surface area contributed by atoms with Crippen molar-refractivity contribution >= 4 is 27.3 Å². The van der Waals surface area contributed by atoms with Crippen LogP contribution in [0, 0.1) is 18.3 Å². The lowest BCUT2D eigenvalue weighted by Crippen LogP contribution is -2.27. The molecule has 0 spiro atoms. The largest absolute Gasteiger partial charge is 0.309 e. The van der Waals surface area contributed by atoms with Crippen LogP contribution in [0.3, 0.4) is 0 Å². The molecule has 1 rings (SSSR count). The Morgan fingerprint density at radius 2 is 2.00 bits per heavy atom. The van der Waals surface area contributed by atoms with Gasteiger partial charge >= 0.3 is 0 Å². The smallest absolute Gasteiger partial charge is 0.0428 e. The third-order valence-corrected chi connectivity index (χ3v) is 5.75. The monoisotopic (exact) mass is 331 g/mol. The summed E-state index contributed by atoms with van der Waals surface area (Å²) in [6, 6.07) is 2.70. The predicted molar refractivity (Wildman–Crippen MR) is 86.4 cm³/mol. The van der Waals surface area contributed by atoms with Gasteiger partial charge in [0.05, 0.1) is 0 Å². The van der Waals surface area contributed by atoms with Crippen LogP contribution in [-0.4, -0.2) is 6.54 Å². The van der Waals surface area contributed by atoms with Gasteiger partial charge in [-0.3, -0.25) is 0 Å². The number of aryl methyl sites for hydroxylation is 1. The first-order valence-corrected chi connectivity index (χ1v) is 8.35. The fourth-order valence-electron chi connectivity index (χ4n) is 1.98. The zero-order valence-electron chi connectivity index (χ0n) is 12.4. The molecule has 1 N–H and O–H groups in total. The van der Waals surface area contributed by atoms with Crippen molar-refractivity contribution in [2.75, 3.05) is 6.54 Å². The molecular formula is C15H26BrNS. The topological polar surface area (TPSA) is 12.0 Å². The van der Waals surface area contributed by atoms with Crippen LogP contribution in [0.5, 0.6) is 0 Å². The van der Waals surface area contributed by atoms with Gasteiger partial charge in [0.1, 0.15) is 0 Å². The van der Waals surface area contributed by atoms with Crippen LogP contribution in [0.1, 0.15) is 56.8 Å². The molecule has 1 aromatic heterocycles. The molecule has 0 aromatic carbocycles. The normalized spacial score (nSPS) is 15.7. The van der Waals surface area contributed by atoms with Crippen LogP contribution in [-0.2, 0) is 0 Å². The summed E-state index contributed by atoms with van der Waals surface area (Å²) < 4.78 is 1.26. The Bertz CT molecular complexity index is 378.